The van der Waals surface area contributed by atoms with Crippen molar-refractivity contribution in [3.63, 3.8) is 0 Å². The van der Waals surface area contributed by atoms with Crippen molar-refractivity contribution in [2.75, 3.05) is 12.0 Å². The van der Waals surface area contributed by atoms with Crippen LogP contribution in [0.4, 0.5) is 5.82 Å². The van der Waals surface area contributed by atoms with Crippen molar-refractivity contribution in [1.82, 2.24) is 4.98 Å². The van der Waals surface area contributed by atoms with E-state index in [1.807, 2.05) is 43.3 Å². The Morgan fingerprint density at radius 2 is 1.83 bits per heavy atom. The summed E-state index contributed by atoms with van der Waals surface area (Å²) >= 11 is 0. The molecule has 1 saturated carbocycles. The molecule has 0 radical (unpaired) electrons. The molecule has 1 aromatic carbocycles. The monoisotopic (exact) mass is 404 g/mol. The molecule has 154 valence electrons. The summed E-state index contributed by atoms with van der Waals surface area (Å²) in [5.74, 6) is 1.03. The molecular weight excluding hydrogens is 380 g/mol. The van der Waals surface area contributed by atoms with Crippen LogP contribution in [0.1, 0.15) is 43.0 Å². The van der Waals surface area contributed by atoms with Crippen LogP contribution in [-0.2, 0) is 14.3 Å². The lowest BCUT2D eigenvalue weighted by Gasteiger charge is -2.35. The topological polar surface area (TPSA) is 68.7 Å². The minimum absolute atomic E-state index is 0.0465. The highest BCUT2D eigenvalue weighted by molar-refractivity contribution is 6.17. The third-order valence-corrected chi connectivity index (χ3v) is 6.32. The number of aryl methyl sites for hydroxylation is 1. The summed E-state index contributed by atoms with van der Waals surface area (Å²) in [6.07, 6.45) is 3.47. The molecule has 5 rings (SSSR count). The van der Waals surface area contributed by atoms with Gasteiger partial charge in [-0.05, 0) is 56.0 Å². The smallest absolute Gasteiger partial charge is 0.295 e. The molecule has 1 amide bonds. The van der Waals surface area contributed by atoms with Gasteiger partial charge in [0, 0.05) is 5.69 Å². The first-order valence-electron chi connectivity index (χ1n) is 10.4. The Morgan fingerprint density at radius 1 is 1.07 bits per heavy atom. The summed E-state index contributed by atoms with van der Waals surface area (Å²) in [6, 6.07) is 12.5. The van der Waals surface area contributed by atoms with Crippen molar-refractivity contribution in [3.8, 4) is 5.75 Å². The first-order chi connectivity index (χ1) is 14.6. The first-order valence-corrected chi connectivity index (χ1v) is 10.4. The van der Waals surface area contributed by atoms with Gasteiger partial charge in [0.1, 0.15) is 17.7 Å². The largest absolute Gasteiger partial charge is 0.497 e. The number of rotatable bonds is 3. The maximum absolute atomic E-state index is 13.6. The van der Waals surface area contributed by atoms with Crippen molar-refractivity contribution in [3.05, 3.63) is 65.1 Å². The Balaban J connectivity index is 1.65. The number of carbonyl (C=O) groups is 2. The molecule has 3 heterocycles. The number of ketones is 1. The molecule has 6 nitrogen and oxygen atoms in total. The van der Waals surface area contributed by atoms with Crippen LogP contribution in [0.3, 0.4) is 0 Å². The average molecular weight is 404 g/mol. The number of aromatic nitrogens is 1. The molecule has 3 atom stereocenters. The number of benzene rings is 1. The second kappa shape index (κ2) is 7.27. The molecule has 30 heavy (non-hydrogen) atoms. The zero-order chi connectivity index (χ0) is 20.8. The van der Waals surface area contributed by atoms with E-state index in [1.165, 1.54) is 0 Å². The van der Waals surface area contributed by atoms with Crippen LogP contribution in [0.25, 0.3) is 0 Å². The standard InChI is InChI=1S/C24H24N2O4/c1-14-6-5-9-19(25-14)26-21(15-10-12-16(29-2)13-11-15)20-22(27)17-7-3-4-8-18(17)30-23(20)24(26)28/h5-6,9-13,17-18,21H,3-4,7-8H2,1-2H3. The Morgan fingerprint density at radius 3 is 2.57 bits per heavy atom. The highest BCUT2D eigenvalue weighted by atomic mass is 16.5. The van der Waals surface area contributed by atoms with Gasteiger partial charge in [-0.1, -0.05) is 24.6 Å². The van der Waals surface area contributed by atoms with Gasteiger partial charge in [-0.15, -0.1) is 0 Å². The van der Waals surface area contributed by atoms with Gasteiger partial charge in [-0.2, -0.15) is 0 Å². The molecule has 0 saturated heterocycles. The van der Waals surface area contributed by atoms with Crippen molar-refractivity contribution in [2.45, 2.75) is 44.8 Å². The number of nitrogens with zero attached hydrogens (tertiary/aromatic N) is 2. The number of Topliss-reactive ketones (excluding diaryl/α,β-unsaturated/α-hetero) is 1. The van der Waals surface area contributed by atoms with Gasteiger partial charge >= 0.3 is 0 Å². The Kier molecular flexibility index (Phi) is 4.57. The van der Waals surface area contributed by atoms with Crippen LogP contribution in [0.2, 0.25) is 0 Å². The molecule has 1 aliphatic carbocycles. The minimum atomic E-state index is -0.553. The predicted octanol–water partition coefficient (Wildman–Crippen LogP) is 3.90. The summed E-state index contributed by atoms with van der Waals surface area (Å²) < 4.78 is 11.5. The molecule has 6 heteroatoms. The van der Waals surface area contributed by atoms with E-state index in [2.05, 4.69) is 4.98 Å². The van der Waals surface area contributed by atoms with Crippen LogP contribution >= 0.6 is 0 Å². The fourth-order valence-corrected chi connectivity index (χ4v) is 4.85. The summed E-state index contributed by atoms with van der Waals surface area (Å²) in [5.41, 5.74) is 2.11. The predicted molar refractivity (Wildman–Crippen MR) is 111 cm³/mol. The molecule has 2 aliphatic heterocycles. The molecule has 1 aromatic heterocycles. The summed E-state index contributed by atoms with van der Waals surface area (Å²) in [6.45, 7) is 1.88. The highest BCUT2D eigenvalue weighted by Gasteiger charge is 2.52. The van der Waals surface area contributed by atoms with Gasteiger partial charge < -0.3 is 9.47 Å². The number of hydrogen-bond donors (Lipinski definition) is 0. The third-order valence-electron chi connectivity index (χ3n) is 6.32. The fraction of sp³-hybridized carbons (Fsp3) is 0.375. The molecule has 1 fully saturated rings. The summed E-state index contributed by atoms with van der Waals surface area (Å²) in [4.78, 5) is 33.3. The minimum Gasteiger partial charge on any atom is -0.497 e. The number of fused-ring (bicyclic) bond motifs is 1. The van der Waals surface area contributed by atoms with E-state index in [0.29, 0.717) is 11.4 Å². The van der Waals surface area contributed by atoms with E-state index < -0.39 is 6.04 Å². The van der Waals surface area contributed by atoms with Crippen molar-refractivity contribution in [1.29, 1.82) is 0 Å². The number of methoxy groups -OCH3 is 1. The van der Waals surface area contributed by atoms with E-state index in [-0.39, 0.29) is 29.5 Å². The van der Waals surface area contributed by atoms with E-state index in [4.69, 9.17) is 9.47 Å². The normalized spacial score (nSPS) is 25.7. The van der Waals surface area contributed by atoms with E-state index >= 15 is 0 Å². The molecular formula is C24H24N2O4. The Hall–Kier alpha value is -3.15. The zero-order valence-electron chi connectivity index (χ0n) is 17.1. The van der Waals surface area contributed by atoms with Crippen molar-refractivity contribution < 1.29 is 19.1 Å². The fourth-order valence-electron chi connectivity index (χ4n) is 4.85. The Labute approximate surface area is 175 Å². The molecule has 0 bridgehead atoms. The number of amides is 1. The summed E-state index contributed by atoms with van der Waals surface area (Å²) in [7, 11) is 1.61. The van der Waals surface area contributed by atoms with Gasteiger partial charge in [-0.3, -0.25) is 14.5 Å². The van der Waals surface area contributed by atoms with Gasteiger partial charge in [0.05, 0.1) is 24.6 Å². The molecule has 3 unspecified atom stereocenters. The molecule has 2 aromatic rings. The van der Waals surface area contributed by atoms with Crippen molar-refractivity contribution in [2.24, 2.45) is 5.92 Å². The van der Waals surface area contributed by atoms with E-state index in [0.717, 1.165) is 42.7 Å². The quantitative estimate of drug-likeness (QED) is 0.776. The van der Waals surface area contributed by atoms with Gasteiger partial charge in [0.25, 0.3) is 5.91 Å². The van der Waals surface area contributed by atoms with Crippen molar-refractivity contribution >= 4 is 17.5 Å². The van der Waals surface area contributed by atoms with E-state index in [1.54, 1.807) is 18.1 Å². The number of anilines is 1. The lowest BCUT2D eigenvalue weighted by Crippen LogP contribution is -2.39. The Bertz CT molecular complexity index is 1040. The van der Waals surface area contributed by atoms with Crippen LogP contribution in [-0.4, -0.2) is 29.9 Å². The van der Waals surface area contributed by atoms with Crippen LogP contribution < -0.4 is 9.64 Å². The first kappa shape index (κ1) is 18.9. The maximum Gasteiger partial charge on any atom is 0.295 e. The highest BCUT2D eigenvalue weighted by Crippen LogP contribution is 2.48. The van der Waals surface area contributed by atoms with Gasteiger partial charge in [0.2, 0.25) is 0 Å². The molecule has 0 N–H and O–H groups in total. The second-order valence-electron chi connectivity index (χ2n) is 8.14. The number of pyridine rings is 1. The summed E-state index contributed by atoms with van der Waals surface area (Å²) in [5, 5.41) is 0. The van der Waals surface area contributed by atoms with E-state index in [9.17, 15) is 9.59 Å². The third kappa shape index (κ3) is 2.90. The van der Waals surface area contributed by atoms with Crippen LogP contribution in [0, 0.1) is 12.8 Å². The maximum atomic E-state index is 13.6. The lowest BCUT2D eigenvalue weighted by molar-refractivity contribution is -0.131. The number of carbonyl (C=O) groups excluding carboxylic acids is 2. The van der Waals surface area contributed by atoms with Crippen LogP contribution in [0.5, 0.6) is 5.75 Å². The van der Waals surface area contributed by atoms with Crippen LogP contribution in [0.15, 0.2) is 53.8 Å². The molecule has 0 spiro atoms. The number of ether oxygens (including phenoxy) is 2. The lowest BCUT2D eigenvalue weighted by atomic mass is 9.77. The number of hydrogen-bond acceptors (Lipinski definition) is 5. The molecule has 3 aliphatic rings. The second-order valence-corrected chi connectivity index (χ2v) is 8.14. The zero-order valence-corrected chi connectivity index (χ0v) is 17.1. The SMILES string of the molecule is COc1ccc(C2C3=C(OC4CCCCC4C3=O)C(=O)N2c2cccc(C)n2)cc1. The van der Waals surface area contributed by atoms with Gasteiger partial charge in [0.15, 0.2) is 11.5 Å². The van der Waals surface area contributed by atoms with Gasteiger partial charge in [-0.25, -0.2) is 4.98 Å². The average Bonchev–Trinajstić information content (AvgIpc) is 3.06.